The van der Waals surface area contributed by atoms with Gasteiger partial charge >= 0.3 is 0 Å². The van der Waals surface area contributed by atoms with Crippen LogP contribution in [0, 0.1) is 5.82 Å². The Balaban J connectivity index is 1.74. The van der Waals surface area contributed by atoms with E-state index < -0.39 is 0 Å². The molecule has 2 aromatic rings. The van der Waals surface area contributed by atoms with Gasteiger partial charge in [-0.15, -0.1) is 0 Å². The van der Waals surface area contributed by atoms with Gasteiger partial charge in [-0.25, -0.2) is 4.39 Å². The second kappa shape index (κ2) is 5.43. The Labute approximate surface area is 122 Å². The molecule has 20 heavy (non-hydrogen) atoms. The van der Waals surface area contributed by atoms with Crippen LogP contribution in [-0.4, -0.2) is 0 Å². The molecule has 0 saturated carbocycles. The molecule has 0 aliphatic heterocycles. The summed E-state index contributed by atoms with van der Waals surface area (Å²) in [4.78, 5) is 0. The van der Waals surface area contributed by atoms with Crippen molar-refractivity contribution in [2.75, 3.05) is 0 Å². The largest absolute Gasteiger partial charge is 0.489 e. The Morgan fingerprint density at radius 3 is 2.95 bits per heavy atom. The predicted molar refractivity (Wildman–Crippen MR) is 77.4 cm³/mol. The van der Waals surface area contributed by atoms with Crippen molar-refractivity contribution in [1.82, 2.24) is 0 Å². The second-order valence-electron chi connectivity index (χ2n) is 5.03. The van der Waals surface area contributed by atoms with Crippen molar-refractivity contribution in [3.8, 4) is 5.75 Å². The van der Waals surface area contributed by atoms with Crippen LogP contribution >= 0.6 is 11.6 Å². The van der Waals surface area contributed by atoms with Gasteiger partial charge in [0.05, 0.1) is 0 Å². The standard InChI is InChI=1S/C16H15ClFNO/c17-12-2-5-15(18)11(7-12)9-20-13-3-4-14-10(8-13)1-6-16(14)19/h2-5,7-8,16H,1,6,9,19H2/t16-/m0/s1. The fraction of sp³-hybridized carbons (Fsp3) is 0.250. The van der Waals surface area contributed by atoms with Gasteiger partial charge in [-0.1, -0.05) is 17.7 Å². The van der Waals surface area contributed by atoms with Gasteiger partial charge in [0.15, 0.2) is 0 Å². The van der Waals surface area contributed by atoms with Gasteiger partial charge in [-0.05, 0) is 54.3 Å². The summed E-state index contributed by atoms with van der Waals surface area (Å²) >= 11 is 5.86. The molecule has 0 aromatic heterocycles. The van der Waals surface area contributed by atoms with Crippen LogP contribution in [0.3, 0.4) is 0 Å². The van der Waals surface area contributed by atoms with Gasteiger partial charge in [-0.2, -0.15) is 0 Å². The summed E-state index contributed by atoms with van der Waals surface area (Å²) in [7, 11) is 0. The quantitative estimate of drug-likeness (QED) is 0.927. The Morgan fingerprint density at radius 2 is 2.10 bits per heavy atom. The minimum Gasteiger partial charge on any atom is -0.489 e. The van der Waals surface area contributed by atoms with Gasteiger partial charge in [-0.3, -0.25) is 0 Å². The molecule has 1 aliphatic rings. The molecule has 2 N–H and O–H groups in total. The number of rotatable bonds is 3. The highest BCUT2D eigenvalue weighted by Gasteiger charge is 2.19. The maximum Gasteiger partial charge on any atom is 0.129 e. The lowest BCUT2D eigenvalue weighted by Gasteiger charge is -2.10. The van der Waals surface area contributed by atoms with Crippen LogP contribution in [0.25, 0.3) is 0 Å². The lowest BCUT2D eigenvalue weighted by molar-refractivity contribution is 0.299. The summed E-state index contributed by atoms with van der Waals surface area (Å²) in [6.07, 6.45) is 1.95. The van der Waals surface area contributed by atoms with Crippen molar-refractivity contribution in [2.24, 2.45) is 5.73 Å². The van der Waals surface area contributed by atoms with E-state index in [-0.39, 0.29) is 18.5 Å². The minimum atomic E-state index is -0.308. The number of ether oxygens (including phenoxy) is 1. The molecule has 104 valence electrons. The lowest BCUT2D eigenvalue weighted by Crippen LogP contribution is -2.05. The molecule has 1 atom stereocenters. The van der Waals surface area contributed by atoms with Crippen molar-refractivity contribution in [3.05, 3.63) is 63.9 Å². The monoisotopic (exact) mass is 291 g/mol. The highest BCUT2D eigenvalue weighted by atomic mass is 35.5. The predicted octanol–water partition coefficient (Wildman–Crippen LogP) is 4.00. The van der Waals surface area contributed by atoms with Gasteiger partial charge in [0.1, 0.15) is 18.2 Å². The van der Waals surface area contributed by atoms with E-state index in [1.165, 1.54) is 23.3 Å². The van der Waals surface area contributed by atoms with E-state index in [1.54, 1.807) is 6.07 Å². The first-order chi connectivity index (χ1) is 9.63. The van der Waals surface area contributed by atoms with E-state index >= 15 is 0 Å². The molecule has 2 nitrogen and oxygen atoms in total. The van der Waals surface area contributed by atoms with E-state index in [4.69, 9.17) is 22.1 Å². The number of hydrogen-bond acceptors (Lipinski definition) is 2. The van der Waals surface area contributed by atoms with Gasteiger partial charge in [0, 0.05) is 16.6 Å². The molecule has 0 unspecified atom stereocenters. The van der Waals surface area contributed by atoms with Crippen molar-refractivity contribution in [3.63, 3.8) is 0 Å². The normalized spacial score (nSPS) is 17.1. The molecule has 0 bridgehead atoms. The maximum atomic E-state index is 13.6. The number of benzene rings is 2. The first kappa shape index (κ1) is 13.4. The van der Waals surface area contributed by atoms with Crippen LogP contribution in [0.15, 0.2) is 36.4 Å². The van der Waals surface area contributed by atoms with Crippen molar-refractivity contribution < 1.29 is 9.13 Å². The topological polar surface area (TPSA) is 35.2 Å². The van der Waals surface area contributed by atoms with Crippen LogP contribution in [0.5, 0.6) is 5.75 Å². The lowest BCUT2D eigenvalue weighted by atomic mass is 10.1. The average Bonchev–Trinajstić information content (AvgIpc) is 2.81. The summed E-state index contributed by atoms with van der Waals surface area (Å²) in [5.41, 5.74) is 8.86. The second-order valence-corrected chi connectivity index (χ2v) is 5.47. The third-order valence-corrected chi connectivity index (χ3v) is 3.88. The first-order valence-corrected chi connectivity index (χ1v) is 6.96. The number of aryl methyl sites for hydroxylation is 1. The van der Waals surface area contributed by atoms with Crippen LogP contribution < -0.4 is 10.5 Å². The van der Waals surface area contributed by atoms with Crippen LogP contribution in [0.1, 0.15) is 29.2 Å². The van der Waals surface area contributed by atoms with Gasteiger partial charge < -0.3 is 10.5 Å². The summed E-state index contributed by atoms with van der Waals surface area (Å²) in [5.74, 6) is 0.426. The summed E-state index contributed by atoms with van der Waals surface area (Å²) in [6, 6.07) is 10.5. The van der Waals surface area contributed by atoms with Crippen molar-refractivity contribution >= 4 is 11.6 Å². The van der Waals surface area contributed by atoms with Crippen LogP contribution in [-0.2, 0) is 13.0 Å². The van der Waals surface area contributed by atoms with Gasteiger partial charge in [0.2, 0.25) is 0 Å². The average molecular weight is 292 g/mol. The Morgan fingerprint density at radius 1 is 1.25 bits per heavy atom. The van der Waals surface area contributed by atoms with Crippen LogP contribution in [0.4, 0.5) is 4.39 Å². The highest BCUT2D eigenvalue weighted by molar-refractivity contribution is 6.30. The summed E-state index contributed by atoms with van der Waals surface area (Å²) in [5, 5.41) is 0.505. The van der Waals surface area contributed by atoms with Crippen LogP contribution in [0.2, 0.25) is 5.02 Å². The molecule has 2 aromatic carbocycles. The zero-order valence-corrected chi connectivity index (χ0v) is 11.7. The van der Waals surface area contributed by atoms with E-state index in [2.05, 4.69) is 0 Å². The summed E-state index contributed by atoms with van der Waals surface area (Å²) < 4.78 is 19.2. The zero-order valence-electron chi connectivity index (χ0n) is 10.9. The number of fused-ring (bicyclic) bond motifs is 1. The molecule has 0 heterocycles. The molecular formula is C16H15ClFNO. The van der Waals surface area contributed by atoms with E-state index in [9.17, 15) is 4.39 Å². The Hall–Kier alpha value is -1.58. The molecule has 3 rings (SSSR count). The Bertz CT molecular complexity index is 644. The van der Waals surface area contributed by atoms with E-state index in [0.29, 0.717) is 10.6 Å². The molecular weight excluding hydrogens is 277 g/mol. The zero-order chi connectivity index (χ0) is 14.1. The Kier molecular flexibility index (Phi) is 3.64. The third kappa shape index (κ3) is 2.65. The minimum absolute atomic E-state index is 0.129. The number of halogens is 2. The van der Waals surface area contributed by atoms with Gasteiger partial charge in [0.25, 0.3) is 0 Å². The molecule has 0 radical (unpaired) electrons. The third-order valence-electron chi connectivity index (χ3n) is 3.64. The molecule has 0 spiro atoms. The molecule has 4 heteroatoms. The van der Waals surface area contributed by atoms with E-state index in [0.717, 1.165) is 18.6 Å². The summed E-state index contributed by atoms with van der Waals surface area (Å²) in [6.45, 7) is 0.164. The van der Waals surface area contributed by atoms with E-state index in [1.807, 2.05) is 18.2 Å². The SMILES string of the molecule is N[C@H]1CCc2cc(OCc3cc(Cl)ccc3F)ccc21. The highest BCUT2D eigenvalue weighted by Crippen LogP contribution is 2.32. The first-order valence-electron chi connectivity index (χ1n) is 6.58. The molecule has 0 saturated heterocycles. The fourth-order valence-corrected chi connectivity index (χ4v) is 2.73. The van der Waals surface area contributed by atoms with Crippen molar-refractivity contribution in [2.45, 2.75) is 25.5 Å². The number of hydrogen-bond donors (Lipinski definition) is 1. The van der Waals surface area contributed by atoms with Crippen molar-refractivity contribution in [1.29, 1.82) is 0 Å². The maximum absolute atomic E-state index is 13.6. The fourth-order valence-electron chi connectivity index (χ4n) is 2.53. The molecule has 1 aliphatic carbocycles. The molecule has 0 amide bonds. The molecule has 0 fully saturated rings. The smallest absolute Gasteiger partial charge is 0.129 e. The number of nitrogens with two attached hydrogens (primary N) is 1.